The van der Waals surface area contributed by atoms with Gasteiger partial charge in [0.15, 0.2) is 0 Å². The molecule has 0 atom stereocenters. The highest BCUT2D eigenvalue weighted by Gasteiger charge is 2.14. The summed E-state index contributed by atoms with van der Waals surface area (Å²) < 4.78 is 6.33. The Labute approximate surface area is 61.9 Å². The van der Waals surface area contributed by atoms with Gasteiger partial charge in [0.1, 0.15) is 6.61 Å². The van der Waals surface area contributed by atoms with Crippen LogP contribution in [-0.2, 0) is 6.54 Å². The van der Waals surface area contributed by atoms with Crippen molar-refractivity contribution in [3.8, 4) is 11.9 Å². The molecule has 0 bridgehead atoms. The third-order valence-corrected chi connectivity index (χ3v) is 1.51. The molecule has 5 nitrogen and oxygen atoms in total. The quantitative estimate of drug-likeness (QED) is 0.538. The Balaban J connectivity index is 2.70. The molecule has 2 rings (SSSR count). The van der Waals surface area contributed by atoms with E-state index in [0.717, 1.165) is 6.07 Å². The summed E-state index contributed by atoms with van der Waals surface area (Å²) in [5, 5.41) is 8.87. The summed E-state index contributed by atoms with van der Waals surface area (Å²) in [5.41, 5.74) is -0.273. The van der Waals surface area contributed by atoms with E-state index in [0.29, 0.717) is 13.2 Å². The van der Waals surface area contributed by atoms with E-state index in [1.807, 2.05) is 0 Å². The average molecular weight is 154 g/mol. The number of fused-ring (bicyclic) bond motifs is 1. The van der Waals surface area contributed by atoms with E-state index in [2.05, 4.69) is 4.98 Å². The average Bonchev–Trinajstić information content (AvgIpc) is 2.34. The van der Waals surface area contributed by atoms with Gasteiger partial charge in [-0.1, -0.05) is 0 Å². The molecule has 0 unspecified atom stereocenters. The summed E-state index contributed by atoms with van der Waals surface area (Å²) in [5.74, 6) is -0.289. The van der Waals surface area contributed by atoms with E-state index in [1.54, 1.807) is 0 Å². The van der Waals surface area contributed by atoms with Gasteiger partial charge in [-0.05, 0) is 0 Å². The van der Waals surface area contributed by atoms with Crippen LogP contribution in [0.1, 0.15) is 0 Å². The first-order valence-electron chi connectivity index (χ1n) is 3.21. The molecule has 0 fully saturated rings. The van der Waals surface area contributed by atoms with Crippen LogP contribution in [0.5, 0.6) is 11.9 Å². The van der Waals surface area contributed by atoms with Crippen molar-refractivity contribution in [1.82, 2.24) is 9.55 Å². The number of nitrogens with zero attached hydrogens (tertiary/aromatic N) is 2. The van der Waals surface area contributed by atoms with Crippen molar-refractivity contribution in [2.75, 3.05) is 6.61 Å². The second-order valence-corrected chi connectivity index (χ2v) is 2.24. The number of hydrogen-bond acceptors (Lipinski definition) is 4. The van der Waals surface area contributed by atoms with Crippen LogP contribution in [0.4, 0.5) is 0 Å². The van der Waals surface area contributed by atoms with Gasteiger partial charge < -0.3 is 9.84 Å². The van der Waals surface area contributed by atoms with Crippen molar-refractivity contribution in [3.05, 3.63) is 16.4 Å². The van der Waals surface area contributed by atoms with Crippen LogP contribution in [0, 0.1) is 0 Å². The topological polar surface area (TPSA) is 64.3 Å². The highest BCUT2D eigenvalue weighted by atomic mass is 16.5. The fraction of sp³-hybridized carbons (Fsp3) is 0.333. The van der Waals surface area contributed by atoms with Gasteiger partial charge in [0.2, 0.25) is 5.88 Å². The minimum Gasteiger partial charge on any atom is -0.493 e. The van der Waals surface area contributed by atoms with Gasteiger partial charge in [-0.25, -0.2) is 0 Å². The molecule has 1 aliphatic heterocycles. The lowest BCUT2D eigenvalue weighted by molar-refractivity contribution is 0.336. The molecule has 1 aromatic heterocycles. The molecule has 1 aromatic rings. The van der Waals surface area contributed by atoms with Crippen LogP contribution >= 0.6 is 0 Å². The van der Waals surface area contributed by atoms with Crippen LogP contribution in [0.2, 0.25) is 0 Å². The van der Waals surface area contributed by atoms with Gasteiger partial charge >= 0.3 is 6.01 Å². The van der Waals surface area contributed by atoms with Crippen molar-refractivity contribution in [3.63, 3.8) is 0 Å². The first kappa shape index (κ1) is 6.21. The Hall–Kier alpha value is -1.52. The fourth-order valence-electron chi connectivity index (χ4n) is 1.02. The van der Waals surface area contributed by atoms with Crippen LogP contribution in [0.25, 0.3) is 0 Å². The first-order valence-corrected chi connectivity index (χ1v) is 3.21. The van der Waals surface area contributed by atoms with Crippen LogP contribution in [-0.4, -0.2) is 21.3 Å². The van der Waals surface area contributed by atoms with Gasteiger partial charge in [-0.2, -0.15) is 4.98 Å². The van der Waals surface area contributed by atoms with Crippen molar-refractivity contribution in [2.24, 2.45) is 0 Å². The molecule has 0 spiro atoms. The number of aromatic hydroxyl groups is 1. The summed E-state index contributed by atoms with van der Waals surface area (Å²) >= 11 is 0. The van der Waals surface area contributed by atoms with Crippen LogP contribution < -0.4 is 10.3 Å². The van der Waals surface area contributed by atoms with Gasteiger partial charge in [0, 0.05) is 0 Å². The standard InChI is InChI=1S/C6H6N2O3/c9-4-3-5(10)8-1-2-11-6(8)7-4/h3,9H,1-2H2. The Morgan fingerprint density at radius 3 is 3.36 bits per heavy atom. The van der Waals surface area contributed by atoms with E-state index in [-0.39, 0.29) is 17.4 Å². The normalized spacial score (nSPS) is 14.2. The Morgan fingerprint density at radius 2 is 2.55 bits per heavy atom. The molecule has 0 radical (unpaired) electrons. The molecule has 0 amide bonds. The van der Waals surface area contributed by atoms with Gasteiger partial charge in [0.25, 0.3) is 5.56 Å². The minimum absolute atomic E-state index is 0.204. The lowest BCUT2D eigenvalue weighted by atomic mass is 10.6. The third kappa shape index (κ3) is 0.849. The van der Waals surface area contributed by atoms with Crippen molar-refractivity contribution >= 4 is 0 Å². The zero-order valence-corrected chi connectivity index (χ0v) is 5.65. The summed E-state index contributed by atoms with van der Waals surface area (Å²) in [6, 6.07) is 1.27. The summed E-state index contributed by atoms with van der Waals surface area (Å²) in [4.78, 5) is 14.6. The van der Waals surface area contributed by atoms with E-state index >= 15 is 0 Å². The molecule has 1 aliphatic rings. The van der Waals surface area contributed by atoms with Crippen LogP contribution in [0.3, 0.4) is 0 Å². The van der Waals surface area contributed by atoms with E-state index in [4.69, 9.17) is 9.84 Å². The molecule has 0 aliphatic carbocycles. The van der Waals surface area contributed by atoms with Crippen molar-refractivity contribution in [2.45, 2.75) is 6.54 Å². The molecular formula is C6H6N2O3. The second-order valence-electron chi connectivity index (χ2n) is 2.24. The number of hydrogen-bond donors (Lipinski definition) is 1. The first-order chi connectivity index (χ1) is 5.27. The van der Waals surface area contributed by atoms with E-state index in [9.17, 15) is 4.79 Å². The summed E-state index contributed by atoms with van der Waals surface area (Å²) in [7, 11) is 0. The van der Waals surface area contributed by atoms with Crippen molar-refractivity contribution < 1.29 is 9.84 Å². The molecule has 5 heteroatoms. The SMILES string of the molecule is O=c1cc(O)nc2n1CCO2. The lowest BCUT2D eigenvalue weighted by Gasteiger charge is -1.97. The monoisotopic (exact) mass is 154 g/mol. The largest absolute Gasteiger partial charge is 0.493 e. The Kier molecular flexibility index (Phi) is 1.12. The Morgan fingerprint density at radius 1 is 1.73 bits per heavy atom. The maximum atomic E-state index is 11.0. The zero-order valence-electron chi connectivity index (χ0n) is 5.65. The maximum absolute atomic E-state index is 11.0. The lowest BCUT2D eigenvalue weighted by Crippen LogP contribution is -2.16. The highest BCUT2D eigenvalue weighted by Crippen LogP contribution is 2.13. The second kappa shape index (κ2) is 1.98. The maximum Gasteiger partial charge on any atom is 0.302 e. The summed E-state index contributed by atoms with van der Waals surface area (Å²) in [6.45, 7) is 0.965. The smallest absolute Gasteiger partial charge is 0.302 e. The molecule has 0 aromatic carbocycles. The summed E-state index contributed by atoms with van der Waals surface area (Å²) in [6.07, 6.45) is 0. The predicted octanol–water partition coefficient (Wildman–Crippen LogP) is -0.659. The molecule has 2 heterocycles. The molecule has 1 N–H and O–H groups in total. The van der Waals surface area contributed by atoms with Crippen LogP contribution in [0.15, 0.2) is 10.9 Å². The van der Waals surface area contributed by atoms with Crippen molar-refractivity contribution in [1.29, 1.82) is 0 Å². The zero-order chi connectivity index (χ0) is 7.84. The predicted molar refractivity (Wildman–Crippen MR) is 35.7 cm³/mol. The molecule has 11 heavy (non-hydrogen) atoms. The fourth-order valence-corrected chi connectivity index (χ4v) is 1.02. The number of rotatable bonds is 0. The highest BCUT2D eigenvalue weighted by molar-refractivity contribution is 5.13. The van der Waals surface area contributed by atoms with E-state index in [1.165, 1.54) is 4.57 Å². The van der Waals surface area contributed by atoms with Gasteiger partial charge in [0.05, 0.1) is 12.6 Å². The molecular weight excluding hydrogens is 148 g/mol. The molecule has 0 saturated heterocycles. The third-order valence-electron chi connectivity index (χ3n) is 1.51. The van der Waals surface area contributed by atoms with Gasteiger partial charge in [-0.3, -0.25) is 9.36 Å². The molecule has 0 saturated carbocycles. The minimum atomic E-state index is -0.289. The van der Waals surface area contributed by atoms with E-state index < -0.39 is 0 Å². The number of aromatic nitrogens is 2. The van der Waals surface area contributed by atoms with Gasteiger partial charge in [-0.15, -0.1) is 0 Å². The molecule has 58 valence electrons. The Bertz CT molecular complexity index is 344. The number of ether oxygens (including phenoxy) is 1.